The fourth-order valence-electron chi connectivity index (χ4n) is 3.46. The van der Waals surface area contributed by atoms with Gasteiger partial charge in [0.1, 0.15) is 11.4 Å². The minimum Gasteiger partial charge on any atom is -0.481 e. The van der Waals surface area contributed by atoms with Crippen LogP contribution in [0.4, 0.5) is 0 Å². The molecule has 0 aromatic heterocycles. The van der Waals surface area contributed by atoms with E-state index in [0.717, 1.165) is 17.4 Å². The number of amidine groups is 1. The first-order chi connectivity index (χ1) is 15.6. The summed E-state index contributed by atoms with van der Waals surface area (Å²) < 4.78 is 10.7. The Kier molecular flexibility index (Phi) is 6.75. The van der Waals surface area contributed by atoms with Gasteiger partial charge in [-0.1, -0.05) is 55.1 Å². The van der Waals surface area contributed by atoms with Crippen LogP contribution in [0, 0.1) is 0 Å². The largest absolute Gasteiger partial charge is 0.481 e. The molecule has 2 aromatic rings. The standard InChI is InChI=1S/C23H24N4O4S/c1-3-13-32-23-25-22(29)20-15-9-5-7-11-17(15)24-21(27(20)26-23)16-10-6-8-12-18(16)31-14-19(28)30-4-2/h5-12,21H,3-4,13-14H2,1-2H3,(H,25,26,29). The predicted octanol–water partition coefficient (Wildman–Crippen LogP) is 1.91. The van der Waals surface area contributed by atoms with E-state index in [2.05, 4.69) is 12.2 Å². The second-order valence-electron chi connectivity index (χ2n) is 7.05. The summed E-state index contributed by atoms with van der Waals surface area (Å²) in [7, 11) is 0. The number of carbonyl (C=O) groups excluding carboxylic acids is 2. The van der Waals surface area contributed by atoms with E-state index in [1.807, 2.05) is 42.5 Å². The van der Waals surface area contributed by atoms with Crippen molar-refractivity contribution in [1.82, 2.24) is 10.3 Å². The molecule has 0 saturated carbocycles. The summed E-state index contributed by atoms with van der Waals surface area (Å²) in [6.45, 7) is 3.88. The predicted molar refractivity (Wildman–Crippen MR) is 122 cm³/mol. The summed E-state index contributed by atoms with van der Waals surface area (Å²) in [5.41, 5.74) is 1.13. The number of nitrogens with zero attached hydrogens (tertiary/aromatic N) is 3. The van der Waals surface area contributed by atoms with E-state index in [-0.39, 0.29) is 19.1 Å². The van der Waals surface area contributed by atoms with Gasteiger partial charge in [0, 0.05) is 16.5 Å². The summed E-state index contributed by atoms with van der Waals surface area (Å²) in [5.74, 6) is 0.641. The number of carbonyl (C=O) groups is 2. The number of benzene rings is 2. The highest BCUT2D eigenvalue weighted by molar-refractivity contribution is 8.13. The number of esters is 1. The van der Waals surface area contributed by atoms with Gasteiger partial charge in [-0.3, -0.25) is 15.1 Å². The van der Waals surface area contributed by atoms with Crippen molar-refractivity contribution in [3.8, 4) is 5.75 Å². The van der Waals surface area contributed by atoms with Crippen molar-refractivity contribution in [2.45, 2.75) is 26.4 Å². The van der Waals surface area contributed by atoms with Crippen molar-refractivity contribution in [2.24, 2.45) is 10.1 Å². The fourth-order valence-corrected chi connectivity index (χ4v) is 4.17. The lowest BCUT2D eigenvalue weighted by Crippen LogP contribution is -2.50. The molecule has 0 saturated heterocycles. The van der Waals surface area contributed by atoms with Crippen LogP contribution in [0.15, 0.2) is 58.6 Å². The molecular formula is C23H24N4O4S. The highest BCUT2D eigenvalue weighted by Gasteiger charge is 2.35. The van der Waals surface area contributed by atoms with Gasteiger partial charge in [-0.25, -0.2) is 9.80 Å². The SMILES string of the molecule is CCCSC1=NN2C(=c3ccccc3=NC2c2ccccc2OCC(=O)OCC)C(=O)N1. The van der Waals surface area contributed by atoms with Gasteiger partial charge in [-0.15, -0.1) is 5.10 Å². The number of hydrogen-bond acceptors (Lipinski definition) is 8. The van der Waals surface area contributed by atoms with Crippen LogP contribution in [0.5, 0.6) is 5.75 Å². The monoisotopic (exact) mass is 452 g/mol. The highest BCUT2D eigenvalue weighted by atomic mass is 32.2. The number of para-hydroxylation sites is 2. The number of fused-ring (bicyclic) bond motifs is 2. The van der Waals surface area contributed by atoms with E-state index in [4.69, 9.17) is 19.6 Å². The second-order valence-corrected chi connectivity index (χ2v) is 8.14. The molecule has 8 nitrogen and oxygen atoms in total. The third kappa shape index (κ3) is 4.47. The molecule has 2 heterocycles. The molecule has 1 amide bonds. The molecule has 2 aromatic carbocycles. The zero-order chi connectivity index (χ0) is 22.5. The number of thioether (sulfide) groups is 1. The summed E-state index contributed by atoms with van der Waals surface area (Å²) >= 11 is 1.49. The van der Waals surface area contributed by atoms with E-state index >= 15 is 0 Å². The Morgan fingerprint density at radius 3 is 2.75 bits per heavy atom. The Balaban J connectivity index is 1.79. The summed E-state index contributed by atoms with van der Waals surface area (Å²) in [4.78, 5) is 29.8. The minimum atomic E-state index is -0.624. The van der Waals surface area contributed by atoms with Crippen LogP contribution in [0.3, 0.4) is 0 Å². The normalized spacial score (nSPS) is 16.9. The number of hydrogen-bond donors (Lipinski definition) is 1. The number of ether oxygens (including phenoxy) is 2. The average Bonchev–Trinajstić information content (AvgIpc) is 2.81. The molecule has 4 rings (SSSR count). The molecule has 166 valence electrons. The van der Waals surface area contributed by atoms with E-state index < -0.39 is 12.1 Å². The highest BCUT2D eigenvalue weighted by Crippen LogP contribution is 2.35. The first kappa shape index (κ1) is 21.9. The summed E-state index contributed by atoms with van der Waals surface area (Å²) in [6, 6.07) is 14.8. The van der Waals surface area contributed by atoms with Crippen LogP contribution >= 0.6 is 11.8 Å². The molecule has 0 spiro atoms. The Morgan fingerprint density at radius 2 is 1.94 bits per heavy atom. The molecule has 1 atom stereocenters. The molecular weight excluding hydrogens is 428 g/mol. The van der Waals surface area contributed by atoms with Crippen molar-refractivity contribution in [1.29, 1.82) is 0 Å². The molecule has 2 aliphatic rings. The molecule has 1 unspecified atom stereocenters. The van der Waals surface area contributed by atoms with Gasteiger partial charge >= 0.3 is 5.97 Å². The third-order valence-electron chi connectivity index (χ3n) is 4.81. The number of amides is 1. The van der Waals surface area contributed by atoms with E-state index in [1.54, 1.807) is 18.0 Å². The minimum absolute atomic E-state index is 0.216. The summed E-state index contributed by atoms with van der Waals surface area (Å²) in [5, 5.41) is 11.2. The summed E-state index contributed by atoms with van der Waals surface area (Å²) in [6.07, 6.45) is 0.332. The van der Waals surface area contributed by atoms with Crippen molar-refractivity contribution in [2.75, 3.05) is 19.0 Å². The fraction of sp³-hybridized carbons (Fsp3) is 0.304. The van der Waals surface area contributed by atoms with Crippen LogP contribution in [0.2, 0.25) is 0 Å². The number of hydrazone groups is 1. The number of nitrogens with one attached hydrogen (secondary N) is 1. The van der Waals surface area contributed by atoms with E-state index in [9.17, 15) is 9.59 Å². The smallest absolute Gasteiger partial charge is 0.344 e. The topological polar surface area (TPSA) is 92.6 Å². The third-order valence-corrected chi connectivity index (χ3v) is 5.88. The molecule has 9 heteroatoms. The van der Waals surface area contributed by atoms with Gasteiger partial charge < -0.3 is 9.47 Å². The van der Waals surface area contributed by atoms with E-state index in [1.165, 1.54) is 11.8 Å². The quantitative estimate of drug-likeness (QED) is 0.646. The van der Waals surface area contributed by atoms with Crippen molar-refractivity contribution < 1.29 is 19.1 Å². The van der Waals surface area contributed by atoms with Crippen LogP contribution in [0.1, 0.15) is 32.0 Å². The van der Waals surface area contributed by atoms with Crippen LogP contribution in [-0.2, 0) is 14.3 Å². The van der Waals surface area contributed by atoms with Crippen molar-refractivity contribution in [3.05, 3.63) is 64.7 Å². The van der Waals surface area contributed by atoms with Gasteiger partial charge in [0.2, 0.25) is 0 Å². The zero-order valence-corrected chi connectivity index (χ0v) is 18.7. The lowest BCUT2D eigenvalue weighted by molar-refractivity contribution is -0.145. The maximum atomic E-state index is 13.1. The maximum Gasteiger partial charge on any atom is 0.344 e. The van der Waals surface area contributed by atoms with Crippen LogP contribution in [-0.4, -0.2) is 41.0 Å². The first-order valence-corrected chi connectivity index (χ1v) is 11.5. The first-order valence-electron chi connectivity index (χ1n) is 10.5. The van der Waals surface area contributed by atoms with Crippen LogP contribution in [0.25, 0.3) is 5.70 Å². The molecule has 32 heavy (non-hydrogen) atoms. The average molecular weight is 453 g/mol. The lowest BCUT2D eigenvalue weighted by atomic mass is 10.1. The maximum absolute atomic E-state index is 13.1. The Bertz CT molecular complexity index is 1180. The van der Waals surface area contributed by atoms with Gasteiger partial charge in [0.15, 0.2) is 17.9 Å². The van der Waals surface area contributed by atoms with E-state index in [0.29, 0.717) is 27.5 Å². The Labute approximate surface area is 190 Å². The molecule has 1 N–H and O–H groups in total. The lowest BCUT2D eigenvalue weighted by Gasteiger charge is -2.34. The van der Waals surface area contributed by atoms with Gasteiger partial charge in [-0.2, -0.15) is 0 Å². The zero-order valence-electron chi connectivity index (χ0n) is 17.9. The second kappa shape index (κ2) is 9.86. The molecule has 0 radical (unpaired) electrons. The Morgan fingerprint density at radius 1 is 1.16 bits per heavy atom. The van der Waals surface area contributed by atoms with Crippen molar-refractivity contribution in [3.63, 3.8) is 0 Å². The molecule has 0 aliphatic carbocycles. The molecule has 0 fully saturated rings. The molecule has 0 bridgehead atoms. The molecule has 2 aliphatic heterocycles. The van der Waals surface area contributed by atoms with Gasteiger partial charge in [0.25, 0.3) is 5.91 Å². The van der Waals surface area contributed by atoms with Crippen molar-refractivity contribution >= 4 is 34.5 Å². The number of rotatable bonds is 7. The van der Waals surface area contributed by atoms with Gasteiger partial charge in [0.05, 0.1) is 12.0 Å². The van der Waals surface area contributed by atoms with Crippen LogP contribution < -0.4 is 20.6 Å². The van der Waals surface area contributed by atoms with Gasteiger partial charge in [-0.05, 0) is 25.5 Å². The Hall–Kier alpha value is -3.33.